The third kappa shape index (κ3) is 6.56. The van der Waals surface area contributed by atoms with E-state index < -0.39 is 50.4 Å². The minimum atomic E-state index is -4.74. The fourth-order valence-electron chi connectivity index (χ4n) is 5.03. The Bertz CT molecular complexity index is 1010. The van der Waals surface area contributed by atoms with E-state index >= 15 is 0 Å². The molecule has 2 aliphatic rings. The number of carbonyl (C=O) groups is 1. The minimum absolute atomic E-state index is 0.0254. The summed E-state index contributed by atoms with van der Waals surface area (Å²) in [5, 5.41) is 0. The molecule has 0 amide bonds. The van der Waals surface area contributed by atoms with Gasteiger partial charge in [0, 0.05) is 51.0 Å². The van der Waals surface area contributed by atoms with Gasteiger partial charge in [0.05, 0.1) is 16.9 Å². The number of ketones is 1. The SMILES string of the molecule is CCCS(=O)(=O)N1CCN(C2(CCC(=O)c3ccc(C(F)(F)F)cc3F)CCC(F)(F)CC2)CC1. The third-order valence-electron chi connectivity index (χ3n) is 7.09. The maximum Gasteiger partial charge on any atom is 0.416 e. The van der Waals surface area contributed by atoms with Crippen LogP contribution in [0, 0.1) is 5.82 Å². The summed E-state index contributed by atoms with van der Waals surface area (Å²) in [7, 11) is -3.40. The van der Waals surface area contributed by atoms with E-state index in [2.05, 4.69) is 0 Å². The Labute approximate surface area is 201 Å². The Morgan fingerprint density at radius 2 is 1.63 bits per heavy atom. The summed E-state index contributed by atoms with van der Waals surface area (Å²) in [6.07, 6.45) is -4.95. The molecular weight excluding hydrogens is 498 g/mol. The van der Waals surface area contributed by atoms with Crippen molar-refractivity contribution in [3.63, 3.8) is 0 Å². The van der Waals surface area contributed by atoms with Gasteiger partial charge in [-0.3, -0.25) is 9.69 Å². The standard InChI is InChI=1S/C23H30F6N2O3S/c1-2-15-35(33,34)31-13-11-30(12-14-31)21(7-9-22(25,26)10-8-21)6-5-20(32)18-4-3-17(16-19(18)24)23(27,28)29/h3-4,16H,2,5-15H2,1H3. The number of carbonyl (C=O) groups excluding carboxylic acids is 1. The first-order valence-electron chi connectivity index (χ1n) is 11.7. The van der Waals surface area contributed by atoms with E-state index in [1.807, 2.05) is 4.90 Å². The van der Waals surface area contributed by atoms with Gasteiger partial charge < -0.3 is 0 Å². The second-order valence-corrected chi connectivity index (χ2v) is 11.5. The molecule has 198 valence electrons. The quantitative estimate of drug-likeness (QED) is 0.348. The highest BCUT2D eigenvalue weighted by molar-refractivity contribution is 7.89. The maximum atomic E-state index is 14.3. The molecule has 0 atom stereocenters. The Morgan fingerprint density at radius 1 is 1.03 bits per heavy atom. The average Bonchev–Trinajstić information content (AvgIpc) is 2.78. The zero-order chi connectivity index (χ0) is 26.1. The summed E-state index contributed by atoms with van der Waals surface area (Å²) in [5.41, 5.74) is -2.46. The van der Waals surface area contributed by atoms with Gasteiger partial charge in [0.2, 0.25) is 15.9 Å². The highest BCUT2D eigenvalue weighted by atomic mass is 32.2. The second-order valence-electron chi connectivity index (χ2n) is 9.40. The molecule has 1 aliphatic heterocycles. The van der Waals surface area contributed by atoms with Crippen LogP contribution < -0.4 is 0 Å². The van der Waals surface area contributed by atoms with Crippen LogP contribution in [0.4, 0.5) is 26.3 Å². The van der Waals surface area contributed by atoms with E-state index in [0.717, 1.165) is 6.07 Å². The van der Waals surface area contributed by atoms with Crippen molar-refractivity contribution in [1.29, 1.82) is 0 Å². The van der Waals surface area contributed by atoms with Gasteiger partial charge in [-0.25, -0.2) is 21.6 Å². The fourth-order valence-corrected chi connectivity index (χ4v) is 6.53. The second kappa shape index (κ2) is 10.4. The Kier molecular flexibility index (Phi) is 8.27. The van der Waals surface area contributed by atoms with Gasteiger partial charge >= 0.3 is 6.18 Å². The monoisotopic (exact) mass is 528 g/mol. The zero-order valence-electron chi connectivity index (χ0n) is 19.5. The first kappa shape index (κ1) is 27.9. The molecule has 0 spiro atoms. The number of rotatable bonds is 8. The molecule has 35 heavy (non-hydrogen) atoms. The van der Waals surface area contributed by atoms with Crippen molar-refractivity contribution in [1.82, 2.24) is 9.21 Å². The molecule has 0 aromatic heterocycles. The topological polar surface area (TPSA) is 57.7 Å². The van der Waals surface area contributed by atoms with E-state index in [4.69, 9.17) is 0 Å². The molecule has 2 fully saturated rings. The van der Waals surface area contributed by atoms with Crippen molar-refractivity contribution in [2.75, 3.05) is 31.9 Å². The number of halogens is 6. The number of piperazine rings is 1. The number of sulfonamides is 1. The summed E-state index contributed by atoms with van der Waals surface area (Å²) in [6, 6.07) is 1.73. The smallest absolute Gasteiger partial charge is 0.295 e. The van der Waals surface area contributed by atoms with Gasteiger partial charge in [-0.1, -0.05) is 6.92 Å². The summed E-state index contributed by atoms with van der Waals surface area (Å²) in [5.74, 6) is -4.78. The predicted octanol–water partition coefficient (Wildman–Crippen LogP) is 5.11. The molecule has 1 heterocycles. The predicted molar refractivity (Wildman–Crippen MR) is 118 cm³/mol. The van der Waals surface area contributed by atoms with Gasteiger partial charge in [0.15, 0.2) is 5.78 Å². The number of alkyl halides is 5. The van der Waals surface area contributed by atoms with Crippen molar-refractivity contribution >= 4 is 15.8 Å². The van der Waals surface area contributed by atoms with Gasteiger partial charge in [-0.05, 0) is 43.9 Å². The van der Waals surface area contributed by atoms with Crippen LogP contribution in [0.25, 0.3) is 0 Å². The van der Waals surface area contributed by atoms with E-state index in [0.29, 0.717) is 25.6 Å². The molecule has 12 heteroatoms. The minimum Gasteiger partial charge on any atom is -0.295 e. The van der Waals surface area contributed by atoms with Gasteiger partial charge in [0.1, 0.15) is 5.82 Å². The first-order valence-corrected chi connectivity index (χ1v) is 13.3. The zero-order valence-corrected chi connectivity index (χ0v) is 20.3. The summed E-state index contributed by atoms with van der Waals surface area (Å²) < 4.78 is 107. The van der Waals surface area contributed by atoms with Crippen LogP contribution in [0.1, 0.15) is 67.8 Å². The lowest BCUT2D eigenvalue weighted by Crippen LogP contribution is -2.60. The molecule has 1 saturated heterocycles. The molecule has 1 aromatic carbocycles. The Hall–Kier alpha value is -1.66. The lowest BCUT2D eigenvalue weighted by molar-refractivity contribution is -0.137. The lowest BCUT2D eigenvalue weighted by atomic mass is 9.74. The fraction of sp³-hybridized carbons (Fsp3) is 0.696. The van der Waals surface area contributed by atoms with Crippen LogP contribution >= 0.6 is 0 Å². The summed E-state index contributed by atoms with van der Waals surface area (Å²) in [6.45, 7) is 2.82. The van der Waals surface area contributed by atoms with Gasteiger partial charge in [-0.2, -0.15) is 17.5 Å². The van der Waals surface area contributed by atoms with Gasteiger partial charge in [-0.15, -0.1) is 0 Å². The van der Waals surface area contributed by atoms with Crippen molar-refractivity contribution in [2.45, 2.75) is 69.5 Å². The number of hydrogen-bond acceptors (Lipinski definition) is 4. The molecule has 5 nitrogen and oxygen atoms in total. The van der Waals surface area contributed by atoms with E-state index in [1.54, 1.807) is 6.92 Å². The van der Waals surface area contributed by atoms with Crippen molar-refractivity contribution < 1.29 is 39.6 Å². The number of Topliss-reactive ketones (excluding diaryl/α,β-unsaturated/α-hetero) is 1. The molecule has 3 rings (SSSR count). The van der Waals surface area contributed by atoms with Crippen molar-refractivity contribution in [3.8, 4) is 0 Å². The Balaban J connectivity index is 1.73. The highest BCUT2D eigenvalue weighted by Crippen LogP contribution is 2.44. The molecule has 1 aromatic rings. The largest absolute Gasteiger partial charge is 0.416 e. The molecular formula is C23H30F6N2O3S. The molecule has 0 N–H and O–H groups in total. The van der Waals surface area contributed by atoms with Crippen molar-refractivity contribution in [2.24, 2.45) is 0 Å². The number of benzene rings is 1. The first-order chi connectivity index (χ1) is 16.2. The van der Waals surface area contributed by atoms with E-state index in [9.17, 15) is 39.6 Å². The lowest BCUT2D eigenvalue weighted by Gasteiger charge is -2.51. The maximum absolute atomic E-state index is 14.3. The summed E-state index contributed by atoms with van der Waals surface area (Å²) in [4.78, 5) is 14.7. The molecule has 0 radical (unpaired) electrons. The third-order valence-corrected chi connectivity index (χ3v) is 9.17. The van der Waals surface area contributed by atoms with E-state index in [-0.39, 0.29) is 63.4 Å². The van der Waals surface area contributed by atoms with Crippen LogP contribution in [0.15, 0.2) is 18.2 Å². The van der Waals surface area contributed by atoms with Gasteiger partial charge in [0.25, 0.3) is 0 Å². The molecule has 0 bridgehead atoms. The van der Waals surface area contributed by atoms with Crippen LogP contribution in [0.5, 0.6) is 0 Å². The molecule has 0 unspecified atom stereocenters. The Morgan fingerprint density at radius 3 is 2.14 bits per heavy atom. The number of nitrogens with zero attached hydrogens (tertiary/aromatic N) is 2. The number of hydrogen-bond donors (Lipinski definition) is 0. The molecule has 1 aliphatic carbocycles. The highest BCUT2D eigenvalue weighted by Gasteiger charge is 2.47. The van der Waals surface area contributed by atoms with Crippen LogP contribution in [-0.2, 0) is 16.2 Å². The van der Waals surface area contributed by atoms with Crippen LogP contribution in [0.3, 0.4) is 0 Å². The summed E-state index contributed by atoms with van der Waals surface area (Å²) >= 11 is 0. The van der Waals surface area contributed by atoms with E-state index in [1.165, 1.54) is 4.31 Å². The van der Waals surface area contributed by atoms with Crippen LogP contribution in [-0.4, -0.2) is 66.8 Å². The molecule has 1 saturated carbocycles. The van der Waals surface area contributed by atoms with Crippen molar-refractivity contribution in [3.05, 3.63) is 35.1 Å². The normalized spacial score (nSPS) is 21.7. The van der Waals surface area contributed by atoms with Crippen LogP contribution in [0.2, 0.25) is 0 Å². The average molecular weight is 529 g/mol.